The van der Waals surface area contributed by atoms with Crippen molar-refractivity contribution in [2.24, 2.45) is 4.99 Å². The maximum Gasteiger partial charge on any atom is 0.193 e. The molecule has 0 radical (unpaired) electrons. The van der Waals surface area contributed by atoms with Gasteiger partial charge in [0.1, 0.15) is 11.6 Å². The molecule has 0 aliphatic carbocycles. The molecule has 150 valence electrons. The Morgan fingerprint density at radius 1 is 1.14 bits per heavy atom. The van der Waals surface area contributed by atoms with E-state index in [0.717, 1.165) is 11.1 Å². The minimum absolute atomic E-state index is 0.232. The quantitative estimate of drug-likeness (QED) is 0.632. The van der Waals surface area contributed by atoms with Crippen LogP contribution in [0.15, 0.2) is 47.5 Å². The molecule has 5 nitrogen and oxygen atoms in total. The lowest BCUT2D eigenvalue weighted by atomic mass is 10.1. The molecule has 2 aromatic carbocycles. The SMILES string of the molecule is CN=C(NCc1ccc(N2CCOCC2)c(F)c1)N(C)Cc1cccc(F)c1. The highest BCUT2D eigenvalue weighted by Crippen LogP contribution is 2.21. The molecule has 0 unspecified atom stereocenters. The zero-order chi connectivity index (χ0) is 19.9. The van der Waals surface area contributed by atoms with Crippen LogP contribution in [0.2, 0.25) is 0 Å². The lowest BCUT2D eigenvalue weighted by molar-refractivity contribution is 0.122. The molecule has 28 heavy (non-hydrogen) atoms. The molecule has 2 aromatic rings. The summed E-state index contributed by atoms with van der Waals surface area (Å²) in [5.41, 5.74) is 2.29. The Balaban J connectivity index is 1.59. The van der Waals surface area contributed by atoms with Crippen LogP contribution in [0.3, 0.4) is 0 Å². The summed E-state index contributed by atoms with van der Waals surface area (Å²) < 4.78 is 33.2. The van der Waals surface area contributed by atoms with Gasteiger partial charge in [-0.15, -0.1) is 0 Å². The molecule has 1 heterocycles. The Hall–Kier alpha value is -2.67. The van der Waals surface area contributed by atoms with Crippen LogP contribution in [-0.2, 0) is 17.8 Å². The summed E-state index contributed by atoms with van der Waals surface area (Å²) in [5.74, 6) is 0.163. The molecule has 0 bridgehead atoms. The first-order chi connectivity index (χ1) is 13.6. The molecule has 1 aliphatic rings. The Kier molecular flexibility index (Phi) is 6.81. The lowest BCUT2D eigenvalue weighted by Gasteiger charge is -2.29. The van der Waals surface area contributed by atoms with Gasteiger partial charge in [-0.1, -0.05) is 18.2 Å². The van der Waals surface area contributed by atoms with Crippen LogP contribution < -0.4 is 10.2 Å². The van der Waals surface area contributed by atoms with Gasteiger partial charge in [-0.2, -0.15) is 0 Å². The normalized spacial score (nSPS) is 14.9. The number of aliphatic imine (C=N–C) groups is 1. The van der Waals surface area contributed by atoms with Gasteiger partial charge in [0.15, 0.2) is 5.96 Å². The average molecular weight is 388 g/mol. The number of ether oxygens (including phenoxy) is 1. The summed E-state index contributed by atoms with van der Waals surface area (Å²) in [6.07, 6.45) is 0. The Morgan fingerprint density at radius 2 is 1.93 bits per heavy atom. The molecule has 1 N–H and O–H groups in total. The highest BCUT2D eigenvalue weighted by molar-refractivity contribution is 5.79. The number of nitrogens with zero attached hydrogens (tertiary/aromatic N) is 3. The van der Waals surface area contributed by atoms with Crippen LogP contribution in [0.25, 0.3) is 0 Å². The molecule has 0 aromatic heterocycles. The second-order valence-electron chi connectivity index (χ2n) is 6.77. The van der Waals surface area contributed by atoms with E-state index in [0.29, 0.717) is 51.0 Å². The maximum absolute atomic E-state index is 14.5. The Labute approximate surface area is 164 Å². The number of morpholine rings is 1. The molecule has 7 heteroatoms. The van der Waals surface area contributed by atoms with Gasteiger partial charge >= 0.3 is 0 Å². The number of guanidine groups is 1. The predicted octanol–water partition coefficient (Wildman–Crippen LogP) is 3.01. The summed E-state index contributed by atoms with van der Waals surface area (Å²) >= 11 is 0. The van der Waals surface area contributed by atoms with Crippen LogP contribution in [-0.4, -0.2) is 51.3 Å². The van der Waals surface area contributed by atoms with Gasteiger partial charge in [-0.05, 0) is 35.4 Å². The van der Waals surface area contributed by atoms with E-state index in [1.807, 2.05) is 35.0 Å². The Morgan fingerprint density at radius 3 is 2.61 bits per heavy atom. The van der Waals surface area contributed by atoms with E-state index in [4.69, 9.17) is 4.74 Å². The van der Waals surface area contributed by atoms with E-state index in [1.165, 1.54) is 12.1 Å². The number of rotatable bonds is 5. The van der Waals surface area contributed by atoms with Crippen molar-refractivity contribution in [1.29, 1.82) is 0 Å². The zero-order valence-electron chi connectivity index (χ0n) is 16.3. The van der Waals surface area contributed by atoms with Gasteiger partial charge in [0.05, 0.1) is 18.9 Å². The Bertz CT molecular complexity index is 822. The first kappa shape index (κ1) is 20.1. The summed E-state index contributed by atoms with van der Waals surface area (Å²) in [5, 5.41) is 3.23. The number of hydrogen-bond acceptors (Lipinski definition) is 3. The van der Waals surface area contributed by atoms with E-state index in [-0.39, 0.29) is 11.6 Å². The molecule has 0 atom stereocenters. The molecule has 0 saturated carbocycles. The summed E-state index contributed by atoms with van der Waals surface area (Å²) in [6, 6.07) is 11.8. The van der Waals surface area contributed by atoms with Crippen LogP contribution in [0, 0.1) is 11.6 Å². The summed E-state index contributed by atoms with van der Waals surface area (Å²) in [6.45, 7) is 3.60. The van der Waals surface area contributed by atoms with Crippen molar-refractivity contribution < 1.29 is 13.5 Å². The number of hydrogen-bond donors (Lipinski definition) is 1. The number of benzene rings is 2. The fourth-order valence-corrected chi connectivity index (χ4v) is 3.27. The second-order valence-corrected chi connectivity index (χ2v) is 6.77. The molecule has 1 aliphatic heterocycles. The maximum atomic E-state index is 14.5. The van der Waals surface area contributed by atoms with E-state index in [9.17, 15) is 8.78 Å². The smallest absolute Gasteiger partial charge is 0.193 e. The van der Waals surface area contributed by atoms with Crippen molar-refractivity contribution in [2.75, 3.05) is 45.3 Å². The molecule has 3 rings (SSSR count). The van der Waals surface area contributed by atoms with Gasteiger partial charge in [-0.25, -0.2) is 8.78 Å². The summed E-state index contributed by atoms with van der Waals surface area (Å²) in [4.78, 5) is 8.15. The van der Waals surface area contributed by atoms with Crippen LogP contribution in [0.4, 0.5) is 14.5 Å². The van der Waals surface area contributed by atoms with Crippen LogP contribution in [0.5, 0.6) is 0 Å². The highest BCUT2D eigenvalue weighted by atomic mass is 19.1. The van der Waals surface area contributed by atoms with Crippen molar-refractivity contribution in [3.05, 3.63) is 65.2 Å². The fourth-order valence-electron chi connectivity index (χ4n) is 3.27. The molecule has 0 spiro atoms. The molecule has 1 fully saturated rings. The van der Waals surface area contributed by atoms with E-state index < -0.39 is 0 Å². The van der Waals surface area contributed by atoms with Crippen LogP contribution in [0.1, 0.15) is 11.1 Å². The number of nitrogens with one attached hydrogen (secondary N) is 1. The highest BCUT2D eigenvalue weighted by Gasteiger charge is 2.15. The molecular weight excluding hydrogens is 362 g/mol. The second kappa shape index (κ2) is 9.50. The van der Waals surface area contributed by atoms with E-state index in [2.05, 4.69) is 10.3 Å². The van der Waals surface area contributed by atoms with Crippen LogP contribution >= 0.6 is 0 Å². The average Bonchev–Trinajstić information content (AvgIpc) is 2.69. The van der Waals surface area contributed by atoms with Crippen molar-refractivity contribution in [3.63, 3.8) is 0 Å². The number of halogens is 2. The monoisotopic (exact) mass is 388 g/mol. The minimum Gasteiger partial charge on any atom is -0.378 e. The third-order valence-electron chi connectivity index (χ3n) is 4.70. The van der Waals surface area contributed by atoms with Crippen molar-refractivity contribution in [3.8, 4) is 0 Å². The van der Waals surface area contributed by atoms with Gasteiger partial charge < -0.3 is 19.9 Å². The van der Waals surface area contributed by atoms with Gasteiger partial charge in [-0.3, -0.25) is 4.99 Å². The van der Waals surface area contributed by atoms with Crippen molar-refractivity contribution >= 4 is 11.6 Å². The van der Waals surface area contributed by atoms with Crippen molar-refractivity contribution in [1.82, 2.24) is 10.2 Å². The van der Waals surface area contributed by atoms with Gasteiger partial charge in [0, 0.05) is 40.3 Å². The van der Waals surface area contributed by atoms with E-state index in [1.54, 1.807) is 19.2 Å². The lowest BCUT2D eigenvalue weighted by Crippen LogP contribution is -2.38. The third-order valence-corrected chi connectivity index (χ3v) is 4.70. The van der Waals surface area contributed by atoms with Crippen molar-refractivity contribution in [2.45, 2.75) is 13.1 Å². The van der Waals surface area contributed by atoms with Gasteiger partial charge in [0.25, 0.3) is 0 Å². The predicted molar refractivity (Wildman–Crippen MR) is 107 cm³/mol. The third kappa shape index (κ3) is 5.19. The van der Waals surface area contributed by atoms with E-state index >= 15 is 0 Å². The molecular formula is C21H26F2N4O. The topological polar surface area (TPSA) is 40.1 Å². The van der Waals surface area contributed by atoms with Gasteiger partial charge in [0.2, 0.25) is 0 Å². The first-order valence-corrected chi connectivity index (χ1v) is 9.34. The molecule has 1 saturated heterocycles. The minimum atomic E-state index is -0.260. The fraction of sp³-hybridized carbons (Fsp3) is 0.381. The number of anilines is 1. The summed E-state index contributed by atoms with van der Waals surface area (Å²) in [7, 11) is 3.56. The standard InChI is InChI=1S/C21H26F2N4O/c1-24-21(26(2)15-17-4-3-5-18(22)12-17)25-14-16-6-7-20(19(23)13-16)27-8-10-28-11-9-27/h3-7,12-13H,8-11,14-15H2,1-2H3,(H,24,25). The zero-order valence-corrected chi connectivity index (χ0v) is 16.3. The largest absolute Gasteiger partial charge is 0.378 e. The first-order valence-electron chi connectivity index (χ1n) is 9.34. The molecule has 0 amide bonds.